The topological polar surface area (TPSA) is 101 Å². The van der Waals surface area contributed by atoms with E-state index in [4.69, 9.17) is 0 Å². The van der Waals surface area contributed by atoms with Gasteiger partial charge < -0.3 is 10.0 Å². The van der Waals surface area contributed by atoms with Gasteiger partial charge in [0.05, 0.1) is 16.5 Å². The molecule has 0 unspecified atom stereocenters. The fourth-order valence-electron chi connectivity index (χ4n) is 3.71. The van der Waals surface area contributed by atoms with E-state index < -0.39 is 34.2 Å². The number of nitro benzene ring substituents is 1. The van der Waals surface area contributed by atoms with Crippen molar-refractivity contribution in [2.45, 2.75) is 12.6 Å². The number of nitro groups is 1. The Morgan fingerprint density at radius 1 is 0.969 bits per heavy atom. The van der Waals surface area contributed by atoms with Crippen molar-refractivity contribution in [3.63, 3.8) is 0 Å². The van der Waals surface area contributed by atoms with Gasteiger partial charge in [0, 0.05) is 24.2 Å². The van der Waals surface area contributed by atoms with Crippen LogP contribution in [-0.4, -0.2) is 26.6 Å². The van der Waals surface area contributed by atoms with Crippen molar-refractivity contribution >= 4 is 23.1 Å². The third kappa shape index (κ3) is 3.85. The molecule has 1 aliphatic heterocycles. The predicted octanol–water partition coefficient (Wildman–Crippen LogP) is 4.36. The first-order valence-electron chi connectivity index (χ1n) is 9.69. The number of aliphatic hydroxyl groups excluding tert-OH is 1. The molecule has 1 amide bonds. The number of likely N-dealkylation sites (tertiary alicyclic amines) is 1. The zero-order chi connectivity index (χ0) is 22.8. The Morgan fingerprint density at radius 2 is 1.59 bits per heavy atom. The lowest BCUT2D eigenvalue weighted by atomic mass is 9.95. The summed E-state index contributed by atoms with van der Waals surface area (Å²) in [4.78, 5) is 37.5. The number of amides is 1. The molecule has 160 valence electrons. The van der Waals surface area contributed by atoms with Gasteiger partial charge in [-0.25, -0.2) is 4.39 Å². The maximum atomic E-state index is 13.5. The molecule has 0 aliphatic carbocycles. The normalized spacial score (nSPS) is 17.5. The average molecular weight is 432 g/mol. The van der Waals surface area contributed by atoms with Gasteiger partial charge in [0.2, 0.25) is 0 Å². The van der Waals surface area contributed by atoms with Crippen molar-refractivity contribution in [1.29, 1.82) is 0 Å². The number of nitrogens with zero attached hydrogens (tertiary/aromatic N) is 2. The molecule has 3 aromatic carbocycles. The van der Waals surface area contributed by atoms with E-state index in [2.05, 4.69) is 0 Å². The summed E-state index contributed by atoms with van der Waals surface area (Å²) in [6, 6.07) is 18.4. The first kappa shape index (κ1) is 20.9. The minimum absolute atomic E-state index is 0.102. The van der Waals surface area contributed by atoms with Crippen molar-refractivity contribution in [3.8, 4) is 0 Å². The molecule has 0 radical (unpaired) electrons. The molecule has 0 saturated carbocycles. The minimum Gasteiger partial charge on any atom is -0.507 e. The van der Waals surface area contributed by atoms with Crippen LogP contribution in [0.1, 0.15) is 22.7 Å². The quantitative estimate of drug-likeness (QED) is 0.212. The van der Waals surface area contributed by atoms with Crippen LogP contribution in [0.4, 0.5) is 10.1 Å². The van der Waals surface area contributed by atoms with Crippen molar-refractivity contribution in [3.05, 3.63) is 117 Å². The number of benzene rings is 3. The second kappa shape index (κ2) is 8.43. The Morgan fingerprint density at radius 3 is 2.19 bits per heavy atom. The summed E-state index contributed by atoms with van der Waals surface area (Å²) in [6.45, 7) is 0.102. The van der Waals surface area contributed by atoms with E-state index in [1.165, 1.54) is 53.4 Å². The van der Waals surface area contributed by atoms with Crippen molar-refractivity contribution in [2.24, 2.45) is 0 Å². The van der Waals surface area contributed by atoms with Gasteiger partial charge in [0.1, 0.15) is 11.6 Å². The van der Waals surface area contributed by atoms with Crippen LogP contribution in [-0.2, 0) is 16.1 Å². The Hall–Kier alpha value is -4.33. The summed E-state index contributed by atoms with van der Waals surface area (Å²) in [6.07, 6.45) is 0. The Bertz CT molecular complexity index is 1220. The summed E-state index contributed by atoms with van der Waals surface area (Å²) in [5.41, 5.74) is 1.04. The molecule has 0 spiro atoms. The largest absolute Gasteiger partial charge is 0.507 e. The van der Waals surface area contributed by atoms with Gasteiger partial charge in [-0.2, -0.15) is 0 Å². The van der Waals surface area contributed by atoms with Crippen LogP contribution in [0, 0.1) is 15.9 Å². The van der Waals surface area contributed by atoms with E-state index in [1.807, 2.05) is 6.07 Å². The SMILES string of the molecule is O=C1C(=O)N(Cc2ccccc2)[C@H](c2ccc(F)cc2)/C1=C(\O)c1ccc([N+](=O)[O-])cc1. The molecule has 1 N–H and O–H groups in total. The van der Waals surface area contributed by atoms with E-state index in [1.54, 1.807) is 24.3 Å². The third-order valence-corrected chi connectivity index (χ3v) is 5.27. The first-order chi connectivity index (χ1) is 15.4. The van der Waals surface area contributed by atoms with Gasteiger partial charge in [0.15, 0.2) is 0 Å². The Kier molecular flexibility index (Phi) is 5.51. The molecule has 32 heavy (non-hydrogen) atoms. The summed E-state index contributed by atoms with van der Waals surface area (Å²) >= 11 is 0. The molecule has 0 bridgehead atoms. The number of ketones is 1. The molecule has 1 heterocycles. The monoisotopic (exact) mass is 432 g/mol. The van der Waals surface area contributed by atoms with Crippen LogP contribution in [0.5, 0.6) is 0 Å². The molecule has 7 nitrogen and oxygen atoms in total. The van der Waals surface area contributed by atoms with Crippen molar-refractivity contribution in [1.82, 2.24) is 4.90 Å². The highest BCUT2D eigenvalue weighted by Crippen LogP contribution is 2.40. The summed E-state index contributed by atoms with van der Waals surface area (Å²) in [5.74, 6) is -2.62. The third-order valence-electron chi connectivity index (χ3n) is 5.27. The number of aliphatic hydroxyl groups is 1. The molecule has 8 heteroatoms. The fraction of sp³-hybridized carbons (Fsp3) is 0.0833. The van der Waals surface area contributed by atoms with E-state index in [0.717, 1.165) is 5.56 Å². The lowest BCUT2D eigenvalue weighted by Gasteiger charge is -2.25. The average Bonchev–Trinajstić information content (AvgIpc) is 3.05. The smallest absolute Gasteiger partial charge is 0.295 e. The van der Waals surface area contributed by atoms with E-state index in [9.17, 15) is 29.2 Å². The lowest BCUT2D eigenvalue weighted by molar-refractivity contribution is -0.384. The molecule has 1 atom stereocenters. The molecule has 1 fully saturated rings. The first-order valence-corrected chi connectivity index (χ1v) is 9.69. The van der Waals surface area contributed by atoms with Gasteiger partial charge in [-0.05, 0) is 35.4 Å². The number of halogens is 1. The fourth-order valence-corrected chi connectivity index (χ4v) is 3.71. The standard InChI is InChI=1S/C24H17FN2O5/c25-18-10-6-16(7-11-18)21-20(22(28)17-8-12-19(13-9-17)27(31)32)23(29)24(30)26(21)14-15-4-2-1-3-5-15/h1-13,21,28H,14H2/b22-20+/t21-/m1/s1. The predicted molar refractivity (Wildman–Crippen MR) is 114 cm³/mol. The lowest BCUT2D eigenvalue weighted by Crippen LogP contribution is -2.29. The highest BCUT2D eigenvalue weighted by molar-refractivity contribution is 6.46. The molecule has 4 rings (SSSR count). The zero-order valence-corrected chi connectivity index (χ0v) is 16.6. The molecule has 3 aromatic rings. The Balaban J connectivity index is 1.84. The van der Waals surface area contributed by atoms with Gasteiger partial charge in [0.25, 0.3) is 17.4 Å². The number of non-ortho nitro benzene ring substituents is 1. The van der Waals surface area contributed by atoms with Crippen LogP contribution in [0.15, 0.2) is 84.4 Å². The van der Waals surface area contributed by atoms with E-state index >= 15 is 0 Å². The molecule has 1 saturated heterocycles. The van der Waals surface area contributed by atoms with Gasteiger partial charge in [-0.1, -0.05) is 42.5 Å². The van der Waals surface area contributed by atoms with E-state index in [0.29, 0.717) is 5.56 Å². The number of carbonyl (C=O) groups excluding carboxylic acids is 2. The van der Waals surface area contributed by atoms with Gasteiger partial charge in [-0.15, -0.1) is 0 Å². The van der Waals surface area contributed by atoms with Crippen LogP contribution in [0.2, 0.25) is 0 Å². The van der Waals surface area contributed by atoms with Crippen molar-refractivity contribution in [2.75, 3.05) is 0 Å². The number of hydrogen-bond donors (Lipinski definition) is 1. The zero-order valence-electron chi connectivity index (χ0n) is 16.6. The van der Waals surface area contributed by atoms with Crippen LogP contribution in [0.25, 0.3) is 5.76 Å². The molecule has 0 aromatic heterocycles. The number of rotatable bonds is 5. The number of carbonyl (C=O) groups is 2. The summed E-state index contributed by atoms with van der Waals surface area (Å²) in [7, 11) is 0. The second-order valence-corrected chi connectivity index (χ2v) is 7.27. The van der Waals surface area contributed by atoms with E-state index in [-0.39, 0.29) is 23.4 Å². The number of Topliss-reactive ketones (excluding diaryl/α,β-unsaturated/α-hetero) is 1. The minimum atomic E-state index is -0.953. The molecular weight excluding hydrogens is 415 g/mol. The van der Waals surface area contributed by atoms with Crippen LogP contribution in [0.3, 0.4) is 0 Å². The number of hydrogen-bond acceptors (Lipinski definition) is 5. The maximum absolute atomic E-state index is 13.5. The highest BCUT2D eigenvalue weighted by atomic mass is 19.1. The van der Waals surface area contributed by atoms with Crippen molar-refractivity contribution < 1.29 is 24.0 Å². The second-order valence-electron chi connectivity index (χ2n) is 7.27. The maximum Gasteiger partial charge on any atom is 0.295 e. The van der Waals surface area contributed by atoms with Gasteiger partial charge >= 0.3 is 0 Å². The summed E-state index contributed by atoms with van der Waals surface area (Å²) < 4.78 is 13.5. The Labute approximate surface area is 182 Å². The highest BCUT2D eigenvalue weighted by Gasteiger charge is 2.46. The molecule has 1 aliphatic rings. The van der Waals surface area contributed by atoms with Crippen LogP contribution < -0.4 is 0 Å². The summed E-state index contributed by atoms with van der Waals surface area (Å²) in [5, 5.41) is 21.9. The van der Waals surface area contributed by atoms with Gasteiger partial charge in [-0.3, -0.25) is 19.7 Å². The molecular formula is C24H17FN2O5. The van der Waals surface area contributed by atoms with Crippen LogP contribution >= 0.6 is 0 Å².